The van der Waals surface area contributed by atoms with Gasteiger partial charge in [-0.3, -0.25) is 4.79 Å². The van der Waals surface area contributed by atoms with E-state index in [1.807, 2.05) is 0 Å². The van der Waals surface area contributed by atoms with Crippen molar-refractivity contribution < 1.29 is 18.3 Å². The largest absolute Gasteiger partial charge is 0.381 e. The monoisotopic (exact) mass is 311 g/mol. The first-order valence-corrected chi connectivity index (χ1v) is 7.59. The fourth-order valence-electron chi connectivity index (χ4n) is 2.58. The van der Waals surface area contributed by atoms with Crippen LogP contribution < -0.4 is 0 Å². The molecule has 1 aromatic heterocycles. The number of hydrogen-bond acceptors (Lipinski definition) is 4. The summed E-state index contributed by atoms with van der Waals surface area (Å²) in [5, 5.41) is 7.40. The van der Waals surface area contributed by atoms with Crippen LogP contribution >= 0.6 is 0 Å². The van der Waals surface area contributed by atoms with E-state index in [0.717, 1.165) is 12.8 Å². The molecule has 1 unspecified atom stereocenters. The first-order valence-electron chi connectivity index (χ1n) is 7.59. The number of aromatic nitrogens is 2. The second-order valence-electron chi connectivity index (χ2n) is 6.05. The van der Waals surface area contributed by atoms with E-state index < -0.39 is 11.8 Å². The van der Waals surface area contributed by atoms with Crippen molar-refractivity contribution in [3.05, 3.63) is 24.0 Å². The van der Waals surface area contributed by atoms with Crippen LogP contribution in [0.15, 0.2) is 18.3 Å². The summed E-state index contributed by atoms with van der Waals surface area (Å²) in [5.41, 5.74) is 0.186. The van der Waals surface area contributed by atoms with Crippen molar-refractivity contribution in [1.82, 2.24) is 15.1 Å². The number of carbonyl (C=O) groups is 1. The Balaban J connectivity index is 1.60. The summed E-state index contributed by atoms with van der Waals surface area (Å²) in [4.78, 5) is 13.7. The van der Waals surface area contributed by atoms with Gasteiger partial charge in [-0.05, 0) is 30.9 Å². The zero-order valence-electron chi connectivity index (χ0n) is 12.3. The molecule has 0 aromatic carbocycles. The van der Waals surface area contributed by atoms with Crippen LogP contribution in [-0.4, -0.2) is 53.2 Å². The van der Waals surface area contributed by atoms with Crippen LogP contribution in [0.25, 0.3) is 0 Å². The van der Waals surface area contributed by atoms with Crippen LogP contribution in [0.1, 0.15) is 29.8 Å². The maximum Gasteiger partial charge on any atom is 0.274 e. The van der Waals surface area contributed by atoms with Gasteiger partial charge in [-0.2, -0.15) is 5.10 Å². The maximum absolute atomic E-state index is 14.0. The molecule has 5 nitrogen and oxygen atoms in total. The van der Waals surface area contributed by atoms with Gasteiger partial charge in [0, 0.05) is 32.3 Å². The molecule has 1 atom stereocenters. The van der Waals surface area contributed by atoms with E-state index in [1.54, 1.807) is 12.1 Å². The lowest BCUT2D eigenvalue weighted by atomic mass is 9.94. The fraction of sp³-hybridized carbons (Fsp3) is 0.667. The molecule has 1 saturated carbocycles. The second kappa shape index (κ2) is 6.24. The fourth-order valence-corrected chi connectivity index (χ4v) is 2.58. The summed E-state index contributed by atoms with van der Waals surface area (Å²) in [6, 6.07) is 3.15. The highest BCUT2D eigenvalue weighted by Crippen LogP contribution is 2.35. The molecule has 0 N–H and O–H groups in total. The molecule has 1 saturated heterocycles. The van der Waals surface area contributed by atoms with Crippen molar-refractivity contribution in [2.24, 2.45) is 11.8 Å². The van der Waals surface area contributed by atoms with Crippen molar-refractivity contribution in [2.75, 3.05) is 26.3 Å². The third kappa shape index (κ3) is 3.58. The summed E-state index contributed by atoms with van der Waals surface area (Å²) in [5.74, 6) is -3.56. The van der Waals surface area contributed by atoms with Gasteiger partial charge >= 0.3 is 0 Å². The number of halogens is 2. The van der Waals surface area contributed by atoms with E-state index in [4.69, 9.17) is 4.74 Å². The lowest BCUT2D eigenvalue weighted by Gasteiger charge is -2.38. The minimum absolute atomic E-state index is 0.00620. The Bertz CT molecular complexity index is 523. The Morgan fingerprint density at radius 1 is 1.41 bits per heavy atom. The Morgan fingerprint density at radius 3 is 2.91 bits per heavy atom. The predicted octanol–water partition coefficient (Wildman–Crippen LogP) is 2.00. The van der Waals surface area contributed by atoms with Crippen LogP contribution in [0, 0.1) is 11.8 Å². The van der Waals surface area contributed by atoms with Gasteiger partial charge in [0.15, 0.2) is 5.69 Å². The van der Waals surface area contributed by atoms with Gasteiger partial charge < -0.3 is 9.64 Å². The van der Waals surface area contributed by atoms with Crippen LogP contribution in [0.5, 0.6) is 0 Å². The summed E-state index contributed by atoms with van der Waals surface area (Å²) in [6.45, 7) is 0.563. The van der Waals surface area contributed by atoms with Crippen molar-refractivity contribution in [2.45, 2.75) is 25.2 Å². The molecule has 3 rings (SSSR count). The van der Waals surface area contributed by atoms with Gasteiger partial charge in [0.25, 0.3) is 11.8 Å². The average Bonchev–Trinajstić information content (AvgIpc) is 3.33. The molecule has 0 spiro atoms. The van der Waals surface area contributed by atoms with E-state index in [9.17, 15) is 13.6 Å². The first kappa shape index (κ1) is 15.3. The molecule has 1 aromatic rings. The number of alkyl halides is 2. The molecule has 2 heterocycles. The summed E-state index contributed by atoms with van der Waals surface area (Å²) >= 11 is 0. The normalized spacial score (nSPS) is 24.3. The number of nitrogens with zero attached hydrogens (tertiary/aromatic N) is 3. The molecule has 0 bridgehead atoms. The molecule has 2 fully saturated rings. The Hall–Kier alpha value is -1.63. The van der Waals surface area contributed by atoms with Crippen molar-refractivity contribution in [3.63, 3.8) is 0 Å². The van der Waals surface area contributed by atoms with Crippen LogP contribution in [-0.2, 0) is 4.74 Å². The highest BCUT2D eigenvalue weighted by molar-refractivity contribution is 5.92. The number of amides is 1. The van der Waals surface area contributed by atoms with Crippen molar-refractivity contribution >= 4 is 5.91 Å². The minimum atomic E-state index is -2.79. The Morgan fingerprint density at radius 2 is 2.23 bits per heavy atom. The number of likely N-dealkylation sites (tertiary alicyclic amines) is 1. The standard InChI is InChI=1S/C15H19F2N3O2/c16-15(17)5-7-20(14(21)13-2-1-6-18-19-13)8-12(15)10-22-9-11-3-4-11/h1-2,6,11-12H,3-5,7-10H2. The second-order valence-corrected chi connectivity index (χ2v) is 6.05. The molecular formula is C15H19F2N3O2. The van der Waals surface area contributed by atoms with Crippen molar-refractivity contribution in [3.8, 4) is 0 Å². The van der Waals surface area contributed by atoms with Gasteiger partial charge in [-0.15, -0.1) is 5.10 Å². The van der Waals surface area contributed by atoms with Gasteiger partial charge in [0.1, 0.15) is 0 Å². The van der Waals surface area contributed by atoms with Gasteiger partial charge in [-0.1, -0.05) is 0 Å². The molecule has 1 amide bonds. The van der Waals surface area contributed by atoms with Crippen LogP contribution in [0.2, 0.25) is 0 Å². The van der Waals surface area contributed by atoms with E-state index in [0.29, 0.717) is 12.5 Å². The number of ether oxygens (including phenoxy) is 1. The molecule has 1 aliphatic carbocycles. The highest BCUT2D eigenvalue weighted by atomic mass is 19.3. The SMILES string of the molecule is O=C(c1cccnn1)N1CCC(F)(F)C(COCC2CC2)C1. The summed E-state index contributed by atoms with van der Waals surface area (Å²) in [6.07, 6.45) is 3.38. The van der Waals surface area contributed by atoms with E-state index in [1.165, 1.54) is 11.1 Å². The van der Waals surface area contributed by atoms with Gasteiger partial charge in [-0.25, -0.2) is 8.78 Å². The number of hydrogen-bond donors (Lipinski definition) is 0. The minimum Gasteiger partial charge on any atom is -0.381 e. The van der Waals surface area contributed by atoms with Crippen molar-refractivity contribution in [1.29, 1.82) is 0 Å². The molecule has 1 aliphatic heterocycles. The Kier molecular flexibility index (Phi) is 4.33. The zero-order valence-corrected chi connectivity index (χ0v) is 12.3. The van der Waals surface area contributed by atoms with E-state index in [2.05, 4.69) is 10.2 Å². The van der Waals surface area contributed by atoms with Gasteiger partial charge in [0.05, 0.1) is 12.5 Å². The molecule has 2 aliphatic rings. The molecular weight excluding hydrogens is 292 g/mol. The highest BCUT2D eigenvalue weighted by Gasteiger charge is 2.45. The van der Waals surface area contributed by atoms with E-state index in [-0.39, 0.29) is 37.7 Å². The topological polar surface area (TPSA) is 55.3 Å². The lowest BCUT2D eigenvalue weighted by molar-refractivity contribution is -0.122. The molecule has 22 heavy (non-hydrogen) atoms. The lowest BCUT2D eigenvalue weighted by Crippen LogP contribution is -2.51. The number of rotatable bonds is 5. The maximum atomic E-state index is 14.0. The van der Waals surface area contributed by atoms with E-state index >= 15 is 0 Å². The quantitative estimate of drug-likeness (QED) is 0.834. The molecule has 120 valence electrons. The summed E-state index contributed by atoms with van der Waals surface area (Å²) < 4.78 is 33.4. The summed E-state index contributed by atoms with van der Waals surface area (Å²) in [7, 11) is 0. The first-order chi connectivity index (χ1) is 10.6. The predicted molar refractivity (Wildman–Crippen MR) is 74.5 cm³/mol. The zero-order chi connectivity index (χ0) is 15.6. The molecule has 0 radical (unpaired) electrons. The third-order valence-corrected chi connectivity index (χ3v) is 4.20. The van der Waals surface area contributed by atoms with Crippen LogP contribution in [0.4, 0.5) is 8.78 Å². The molecule has 7 heteroatoms. The third-order valence-electron chi connectivity index (χ3n) is 4.20. The average molecular weight is 311 g/mol. The van der Waals surface area contributed by atoms with Crippen LogP contribution in [0.3, 0.4) is 0 Å². The smallest absolute Gasteiger partial charge is 0.274 e. The van der Waals surface area contributed by atoms with Gasteiger partial charge in [0.2, 0.25) is 0 Å². The number of piperidine rings is 1. The number of carbonyl (C=O) groups excluding carboxylic acids is 1. The Labute approximate surface area is 127 Å².